The van der Waals surface area contributed by atoms with Gasteiger partial charge in [-0.15, -0.1) is 12.4 Å². The Hall–Kier alpha value is 0.860. The predicted octanol–water partition coefficient (Wildman–Crippen LogP) is 1.77. The molecule has 1 atom stereocenters. The molecule has 0 aliphatic heterocycles. The molecule has 9 heavy (non-hydrogen) atoms. The molecule has 0 aliphatic carbocycles. The van der Waals surface area contributed by atoms with Crippen molar-refractivity contribution in [2.75, 3.05) is 12.8 Å². The minimum absolute atomic E-state index is 0. The molecule has 0 saturated carbocycles. The van der Waals surface area contributed by atoms with Crippen molar-refractivity contribution in [3.05, 3.63) is 0 Å². The lowest BCUT2D eigenvalue weighted by molar-refractivity contribution is 0.328. The number of hydrogen-bond acceptors (Lipinski definition) is 2. The van der Waals surface area contributed by atoms with E-state index in [-0.39, 0.29) is 12.4 Å². The molecule has 0 heterocycles. The maximum atomic E-state index is 9.03. The van der Waals surface area contributed by atoms with Gasteiger partial charge in [-0.3, -0.25) is 0 Å². The highest BCUT2D eigenvalue weighted by Crippen LogP contribution is 2.40. The molecule has 0 aromatic carbocycles. The third kappa shape index (κ3) is 6.75. The van der Waals surface area contributed by atoms with Crippen molar-refractivity contribution >= 4 is 30.7 Å². The van der Waals surface area contributed by atoms with Gasteiger partial charge in [0.25, 0.3) is 0 Å². The van der Waals surface area contributed by atoms with Crippen molar-refractivity contribution in [2.45, 2.75) is 13.8 Å². The van der Waals surface area contributed by atoms with E-state index in [9.17, 15) is 0 Å². The van der Waals surface area contributed by atoms with Crippen LogP contribution >= 0.6 is 18.9 Å². The van der Waals surface area contributed by atoms with Crippen molar-refractivity contribution in [3.8, 4) is 0 Å². The molecule has 2 nitrogen and oxygen atoms in total. The van der Waals surface area contributed by atoms with Crippen LogP contribution in [0.5, 0.6) is 0 Å². The van der Waals surface area contributed by atoms with Gasteiger partial charge in [0.1, 0.15) is 0 Å². The van der Waals surface area contributed by atoms with Gasteiger partial charge in [-0.25, -0.2) is 0 Å². The molecule has 0 radical (unpaired) electrons. The molecule has 0 amide bonds. The minimum atomic E-state index is -2.34. The van der Waals surface area contributed by atoms with E-state index in [1.165, 1.54) is 0 Å². The lowest BCUT2D eigenvalue weighted by Crippen LogP contribution is -1.89. The second-order valence-corrected chi connectivity index (χ2v) is 5.25. The van der Waals surface area contributed by atoms with Crippen LogP contribution in [0.4, 0.5) is 0 Å². The van der Waals surface area contributed by atoms with Crippen LogP contribution in [0.15, 0.2) is 0 Å². The molecule has 58 valence electrons. The highest BCUT2D eigenvalue weighted by molar-refractivity contribution is 8.09. The molecule has 0 aliphatic rings. The number of rotatable bonds is 3. The van der Waals surface area contributed by atoms with Crippen molar-refractivity contribution in [1.29, 1.82) is 0 Å². The summed E-state index contributed by atoms with van der Waals surface area (Å²) in [4.78, 5) is 9.03. The van der Waals surface area contributed by atoms with Crippen molar-refractivity contribution < 1.29 is 9.42 Å². The normalized spacial score (nSPS) is 15.9. The van der Waals surface area contributed by atoms with Crippen LogP contribution in [0.25, 0.3) is 0 Å². The van der Waals surface area contributed by atoms with Crippen LogP contribution in [0.1, 0.15) is 13.8 Å². The largest absolute Gasteiger partial charge is 0.345 e. The first-order valence-electron chi connectivity index (χ1n) is 2.58. The Bertz CT molecular complexity index is 109. The maximum Gasteiger partial charge on any atom is 0.185 e. The SMILES string of the molecule is CCOP(O)(=S)CC.Cl. The van der Waals surface area contributed by atoms with Gasteiger partial charge < -0.3 is 9.42 Å². The van der Waals surface area contributed by atoms with E-state index >= 15 is 0 Å². The van der Waals surface area contributed by atoms with Crippen molar-refractivity contribution in [3.63, 3.8) is 0 Å². The summed E-state index contributed by atoms with van der Waals surface area (Å²) in [6, 6.07) is 0. The monoisotopic (exact) mass is 190 g/mol. The highest BCUT2D eigenvalue weighted by atomic mass is 35.5. The maximum absolute atomic E-state index is 9.03. The zero-order valence-corrected chi connectivity index (χ0v) is 8.06. The predicted molar refractivity (Wildman–Crippen MR) is 45.9 cm³/mol. The topological polar surface area (TPSA) is 29.5 Å². The molecule has 0 bridgehead atoms. The Morgan fingerprint density at radius 1 is 1.56 bits per heavy atom. The van der Waals surface area contributed by atoms with Gasteiger partial charge in [0, 0.05) is 6.16 Å². The highest BCUT2D eigenvalue weighted by Gasteiger charge is 2.06. The molecule has 1 unspecified atom stereocenters. The van der Waals surface area contributed by atoms with E-state index < -0.39 is 6.49 Å². The van der Waals surface area contributed by atoms with E-state index in [0.717, 1.165) is 0 Å². The summed E-state index contributed by atoms with van der Waals surface area (Å²) >= 11 is 4.69. The lowest BCUT2D eigenvalue weighted by Gasteiger charge is -2.10. The van der Waals surface area contributed by atoms with Crippen molar-refractivity contribution in [1.82, 2.24) is 0 Å². The summed E-state index contributed by atoms with van der Waals surface area (Å²) in [7, 11) is 0. The Kier molecular flexibility index (Phi) is 7.84. The first kappa shape index (κ1) is 12.5. The molecule has 0 saturated heterocycles. The summed E-state index contributed by atoms with van der Waals surface area (Å²) < 4.78 is 4.86. The van der Waals surface area contributed by atoms with Crippen LogP contribution in [0.3, 0.4) is 0 Å². The Labute approximate surface area is 67.2 Å². The molecule has 0 fully saturated rings. The van der Waals surface area contributed by atoms with Gasteiger partial charge in [0.15, 0.2) is 6.49 Å². The van der Waals surface area contributed by atoms with E-state index in [0.29, 0.717) is 12.8 Å². The van der Waals surface area contributed by atoms with E-state index in [2.05, 4.69) is 11.8 Å². The van der Waals surface area contributed by atoms with Crippen LogP contribution < -0.4 is 0 Å². The van der Waals surface area contributed by atoms with Crippen LogP contribution in [-0.4, -0.2) is 17.7 Å². The fraction of sp³-hybridized carbons (Fsp3) is 1.00. The van der Waals surface area contributed by atoms with Crippen molar-refractivity contribution in [2.24, 2.45) is 0 Å². The molecular weight excluding hydrogens is 179 g/mol. The average Bonchev–Trinajstić information content (AvgIpc) is 1.67. The third-order valence-corrected chi connectivity index (χ3v) is 3.28. The number of halogens is 1. The van der Waals surface area contributed by atoms with Crippen LogP contribution in [0.2, 0.25) is 0 Å². The molecular formula is C4H12ClO2PS. The van der Waals surface area contributed by atoms with E-state index in [1.807, 2.05) is 13.8 Å². The lowest BCUT2D eigenvalue weighted by atomic mass is 10.9. The summed E-state index contributed by atoms with van der Waals surface area (Å²) in [5, 5.41) is 0. The Morgan fingerprint density at radius 3 is 2.11 bits per heavy atom. The van der Waals surface area contributed by atoms with Gasteiger partial charge in [-0.05, 0) is 18.7 Å². The second kappa shape index (κ2) is 5.63. The quantitative estimate of drug-likeness (QED) is 0.688. The molecule has 1 N–H and O–H groups in total. The van der Waals surface area contributed by atoms with Gasteiger partial charge in [0.05, 0.1) is 6.61 Å². The Morgan fingerprint density at radius 2 is 2.00 bits per heavy atom. The molecule has 0 spiro atoms. The summed E-state index contributed by atoms with van der Waals surface area (Å²) in [6.07, 6.45) is 0.566. The molecule has 0 rings (SSSR count). The molecule has 0 aromatic rings. The first-order chi connectivity index (χ1) is 3.62. The molecule has 5 heteroatoms. The van der Waals surface area contributed by atoms with E-state index in [4.69, 9.17) is 9.42 Å². The fourth-order valence-corrected chi connectivity index (χ4v) is 1.20. The van der Waals surface area contributed by atoms with E-state index in [1.54, 1.807) is 0 Å². The molecule has 0 aromatic heterocycles. The first-order valence-corrected chi connectivity index (χ1v) is 5.44. The van der Waals surface area contributed by atoms with Crippen LogP contribution in [0, 0.1) is 0 Å². The van der Waals surface area contributed by atoms with Gasteiger partial charge >= 0.3 is 0 Å². The minimum Gasteiger partial charge on any atom is -0.345 e. The summed E-state index contributed by atoms with van der Waals surface area (Å²) in [5.41, 5.74) is 0. The standard InChI is InChI=1S/C4H11O2PS.ClH/c1-3-6-7(5,8)4-2;/h3-4H2,1-2H3,(H,5,8);1H. The number of hydrogen-bond donors (Lipinski definition) is 1. The van der Waals surface area contributed by atoms with Gasteiger partial charge in [0.2, 0.25) is 0 Å². The summed E-state index contributed by atoms with van der Waals surface area (Å²) in [6.45, 7) is 1.83. The third-order valence-electron chi connectivity index (χ3n) is 0.730. The second-order valence-electron chi connectivity index (χ2n) is 1.37. The zero-order chi connectivity index (χ0) is 6.62. The van der Waals surface area contributed by atoms with Gasteiger partial charge in [-0.2, -0.15) is 0 Å². The van der Waals surface area contributed by atoms with Gasteiger partial charge in [-0.1, -0.05) is 6.92 Å². The van der Waals surface area contributed by atoms with Crippen LogP contribution in [-0.2, 0) is 16.3 Å². The average molecular weight is 191 g/mol. The summed E-state index contributed by atoms with van der Waals surface area (Å²) in [5.74, 6) is 0. The zero-order valence-electron chi connectivity index (χ0n) is 5.53. The Balaban J connectivity index is 0. The smallest absolute Gasteiger partial charge is 0.185 e. The fourth-order valence-electron chi connectivity index (χ4n) is 0.293.